The molecule has 1 aromatic rings. The minimum atomic E-state index is -0.696. The van der Waals surface area contributed by atoms with Crippen molar-refractivity contribution < 1.29 is 24.2 Å². The summed E-state index contributed by atoms with van der Waals surface area (Å²) >= 11 is 0. The monoisotopic (exact) mass is 448 g/mol. The second-order valence-corrected chi connectivity index (χ2v) is 8.88. The second-order valence-electron chi connectivity index (χ2n) is 8.88. The number of rotatable bonds is 20. The summed E-state index contributed by atoms with van der Waals surface area (Å²) in [6.07, 6.45) is 14.7. The first-order valence-corrected chi connectivity index (χ1v) is 12.5. The van der Waals surface area contributed by atoms with Gasteiger partial charge in [-0.05, 0) is 44.6 Å². The van der Waals surface area contributed by atoms with E-state index in [1.807, 2.05) is 25.1 Å². The van der Waals surface area contributed by atoms with Crippen LogP contribution in [0.25, 0.3) is 0 Å². The topological polar surface area (TPSA) is 72.8 Å². The molecule has 5 heteroatoms. The molecule has 0 aliphatic carbocycles. The van der Waals surface area contributed by atoms with E-state index in [9.17, 15) is 9.59 Å². The fourth-order valence-electron chi connectivity index (χ4n) is 3.95. The highest BCUT2D eigenvalue weighted by Gasteiger charge is 2.10. The predicted molar refractivity (Wildman–Crippen MR) is 129 cm³/mol. The number of carboxylic acids is 1. The molecule has 0 saturated heterocycles. The number of hydrogen-bond acceptors (Lipinski definition) is 4. The molecule has 0 fully saturated rings. The Hall–Kier alpha value is -1.88. The molecular formula is C27H44O5. The first-order valence-electron chi connectivity index (χ1n) is 12.5. The van der Waals surface area contributed by atoms with Gasteiger partial charge in [-0.3, -0.25) is 9.59 Å². The molecule has 0 bridgehead atoms. The number of ether oxygens (including phenoxy) is 2. The quantitative estimate of drug-likeness (QED) is 0.171. The van der Waals surface area contributed by atoms with Crippen molar-refractivity contribution in [1.82, 2.24) is 0 Å². The van der Waals surface area contributed by atoms with Crippen LogP contribution < -0.4 is 0 Å². The molecule has 0 saturated carbocycles. The number of unbranched alkanes of at least 4 members (excludes halogenated alkanes) is 8. The van der Waals surface area contributed by atoms with Gasteiger partial charge in [-0.2, -0.15) is 0 Å². The van der Waals surface area contributed by atoms with Crippen LogP contribution in [-0.4, -0.2) is 29.3 Å². The molecule has 32 heavy (non-hydrogen) atoms. The van der Waals surface area contributed by atoms with Gasteiger partial charge in [-0.15, -0.1) is 0 Å². The van der Waals surface area contributed by atoms with Crippen LogP contribution in [-0.2, 0) is 25.7 Å². The zero-order valence-corrected chi connectivity index (χ0v) is 20.2. The minimum Gasteiger partial charge on any atom is -0.481 e. The highest BCUT2D eigenvalue weighted by atomic mass is 16.5. The standard InChI is InChI=1S/C27H44O5/c1-23(32-24(2)28)16-10-5-3-6-13-19-26(31-22-25-17-11-9-12-18-25)20-14-7-4-8-15-21-27(29)30/h9,11-12,17-18,23,26H,3-8,10,13-16,19-22H2,1-2H3,(H,29,30). The van der Waals surface area contributed by atoms with Crippen LogP contribution in [0, 0.1) is 0 Å². The van der Waals surface area contributed by atoms with Gasteiger partial charge in [0.15, 0.2) is 0 Å². The van der Waals surface area contributed by atoms with Gasteiger partial charge in [-0.25, -0.2) is 0 Å². The lowest BCUT2D eigenvalue weighted by atomic mass is 10.0. The number of carboxylic acid groups (broad SMARTS) is 1. The maximum absolute atomic E-state index is 10.9. The van der Waals surface area contributed by atoms with Crippen molar-refractivity contribution in [2.45, 2.75) is 123 Å². The van der Waals surface area contributed by atoms with Crippen molar-refractivity contribution >= 4 is 11.9 Å². The molecule has 2 atom stereocenters. The van der Waals surface area contributed by atoms with Gasteiger partial charge in [0.2, 0.25) is 0 Å². The number of esters is 1. The van der Waals surface area contributed by atoms with Crippen LogP contribution in [0.3, 0.4) is 0 Å². The third-order valence-corrected chi connectivity index (χ3v) is 5.75. The summed E-state index contributed by atoms with van der Waals surface area (Å²) in [4.78, 5) is 21.5. The normalized spacial score (nSPS) is 12.9. The smallest absolute Gasteiger partial charge is 0.303 e. The predicted octanol–water partition coefficient (Wildman–Crippen LogP) is 7.07. The van der Waals surface area contributed by atoms with Gasteiger partial charge >= 0.3 is 11.9 Å². The summed E-state index contributed by atoms with van der Waals surface area (Å²) in [7, 11) is 0. The molecule has 5 nitrogen and oxygen atoms in total. The van der Waals surface area contributed by atoms with Crippen molar-refractivity contribution in [1.29, 1.82) is 0 Å². The average molecular weight is 449 g/mol. The molecule has 0 radical (unpaired) electrons. The van der Waals surface area contributed by atoms with Gasteiger partial charge in [0.05, 0.1) is 18.8 Å². The SMILES string of the molecule is CC(=O)OC(C)CCCCCCCC(CCCCCCCC(=O)O)OCc1ccccc1. The Morgan fingerprint density at radius 3 is 1.91 bits per heavy atom. The number of carbonyl (C=O) groups excluding carboxylic acids is 1. The fourth-order valence-corrected chi connectivity index (χ4v) is 3.95. The second kappa shape index (κ2) is 18.7. The van der Waals surface area contributed by atoms with E-state index in [2.05, 4.69) is 12.1 Å². The Kier molecular flexibility index (Phi) is 16.4. The minimum absolute atomic E-state index is 0.0207. The molecule has 0 spiro atoms. The van der Waals surface area contributed by atoms with E-state index in [4.69, 9.17) is 14.6 Å². The molecule has 0 amide bonds. The summed E-state index contributed by atoms with van der Waals surface area (Å²) in [5, 5.41) is 8.71. The van der Waals surface area contributed by atoms with E-state index in [1.54, 1.807) is 0 Å². The lowest BCUT2D eigenvalue weighted by molar-refractivity contribution is -0.145. The van der Waals surface area contributed by atoms with E-state index in [0.29, 0.717) is 12.7 Å². The highest BCUT2D eigenvalue weighted by Crippen LogP contribution is 2.18. The maximum atomic E-state index is 10.9. The van der Waals surface area contributed by atoms with E-state index < -0.39 is 5.97 Å². The largest absolute Gasteiger partial charge is 0.481 e. The van der Waals surface area contributed by atoms with Crippen LogP contribution in [0.2, 0.25) is 0 Å². The molecular weight excluding hydrogens is 404 g/mol. The van der Waals surface area contributed by atoms with Crippen molar-refractivity contribution in [3.63, 3.8) is 0 Å². The van der Waals surface area contributed by atoms with Crippen molar-refractivity contribution in [2.75, 3.05) is 0 Å². The summed E-state index contributed by atoms with van der Waals surface area (Å²) in [5.74, 6) is -0.891. The van der Waals surface area contributed by atoms with Crippen LogP contribution in [0.5, 0.6) is 0 Å². The van der Waals surface area contributed by atoms with Crippen LogP contribution in [0.15, 0.2) is 30.3 Å². The molecule has 0 aliphatic rings. The summed E-state index contributed by atoms with van der Waals surface area (Å²) in [5.41, 5.74) is 1.22. The number of carbonyl (C=O) groups is 2. The van der Waals surface area contributed by atoms with Gasteiger partial charge in [0.1, 0.15) is 0 Å². The Morgan fingerprint density at radius 1 is 0.812 bits per heavy atom. The van der Waals surface area contributed by atoms with E-state index in [-0.39, 0.29) is 18.5 Å². The lowest BCUT2D eigenvalue weighted by Crippen LogP contribution is -2.13. The first kappa shape index (κ1) is 28.2. The van der Waals surface area contributed by atoms with E-state index >= 15 is 0 Å². The summed E-state index contributed by atoms with van der Waals surface area (Å²) in [6, 6.07) is 10.3. The average Bonchev–Trinajstić information content (AvgIpc) is 2.75. The molecule has 1 N–H and O–H groups in total. The molecule has 1 rings (SSSR count). The Morgan fingerprint density at radius 2 is 1.34 bits per heavy atom. The number of benzene rings is 1. The maximum Gasteiger partial charge on any atom is 0.303 e. The van der Waals surface area contributed by atoms with E-state index in [1.165, 1.54) is 38.2 Å². The molecule has 0 aliphatic heterocycles. The third-order valence-electron chi connectivity index (χ3n) is 5.75. The number of hydrogen-bond donors (Lipinski definition) is 1. The zero-order chi connectivity index (χ0) is 23.4. The van der Waals surface area contributed by atoms with Crippen molar-refractivity contribution in [3.05, 3.63) is 35.9 Å². The van der Waals surface area contributed by atoms with E-state index in [0.717, 1.165) is 57.8 Å². The summed E-state index contributed by atoms with van der Waals surface area (Å²) < 4.78 is 11.4. The van der Waals surface area contributed by atoms with Gasteiger partial charge in [-0.1, -0.05) is 81.7 Å². The highest BCUT2D eigenvalue weighted by molar-refractivity contribution is 5.66. The zero-order valence-electron chi connectivity index (χ0n) is 20.2. The van der Waals surface area contributed by atoms with Crippen molar-refractivity contribution in [3.8, 4) is 0 Å². The van der Waals surface area contributed by atoms with Gasteiger partial charge < -0.3 is 14.6 Å². The fraction of sp³-hybridized carbons (Fsp3) is 0.704. The lowest BCUT2D eigenvalue weighted by Gasteiger charge is -2.18. The van der Waals surface area contributed by atoms with Crippen LogP contribution >= 0.6 is 0 Å². The molecule has 0 heterocycles. The molecule has 1 aromatic carbocycles. The molecule has 2 unspecified atom stereocenters. The number of aliphatic carboxylic acids is 1. The first-order chi connectivity index (χ1) is 15.5. The Balaban J connectivity index is 2.21. The molecule has 0 aromatic heterocycles. The molecule has 182 valence electrons. The van der Waals surface area contributed by atoms with Gasteiger partial charge in [0.25, 0.3) is 0 Å². The van der Waals surface area contributed by atoms with Gasteiger partial charge in [0, 0.05) is 13.3 Å². The Bertz CT molecular complexity index is 601. The Labute approximate surface area is 194 Å². The van der Waals surface area contributed by atoms with Crippen molar-refractivity contribution in [2.24, 2.45) is 0 Å². The third kappa shape index (κ3) is 16.8. The van der Waals surface area contributed by atoms with Crippen LogP contribution in [0.4, 0.5) is 0 Å². The summed E-state index contributed by atoms with van der Waals surface area (Å²) in [6.45, 7) is 4.09. The van der Waals surface area contributed by atoms with Crippen LogP contribution in [0.1, 0.15) is 109 Å².